The highest BCUT2D eigenvalue weighted by Crippen LogP contribution is 2.20. The lowest BCUT2D eigenvalue weighted by Gasteiger charge is -2.07. The minimum atomic E-state index is -0.832. The average Bonchev–Trinajstić information content (AvgIpc) is 2.47. The van der Waals surface area contributed by atoms with Gasteiger partial charge in [-0.3, -0.25) is 14.9 Å². The molecule has 0 aliphatic rings. The summed E-state index contributed by atoms with van der Waals surface area (Å²) in [4.78, 5) is 22.0. The Morgan fingerprint density at radius 1 is 1.29 bits per heavy atom. The smallest absolute Gasteiger partial charge is 0.270 e. The van der Waals surface area contributed by atoms with Crippen LogP contribution in [0.3, 0.4) is 0 Å². The number of nitro benzene ring substituents is 1. The molecule has 0 bridgehead atoms. The van der Waals surface area contributed by atoms with Crippen molar-refractivity contribution < 1.29 is 18.8 Å². The average molecular weight is 290 g/mol. The Hall–Kier alpha value is -2.96. The number of nitrogens with one attached hydrogen (secondary N) is 1. The SMILES string of the molecule is COc1cccc(NC(=O)c2cc([N+](=O)[O-])ccc2F)c1. The minimum absolute atomic E-state index is 0.354. The van der Waals surface area contributed by atoms with Crippen molar-refractivity contribution in [2.75, 3.05) is 12.4 Å². The summed E-state index contributed by atoms with van der Waals surface area (Å²) in [5.41, 5.74) is -0.357. The molecule has 1 N–H and O–H groups in total. The molecule has 0 atom stereocenters. The number of nitro groups is 1. The largest absolute Gasteiger partial charge is 0.497 e. The predicted molar refractivity (Wildman–Crippen MR) is 74.0 cm³/mol. The Kier molecular flexibility index (Phi) is 4.13. The zero-order valence-corrected chi connectivity index (χ0v) is 11.0. The molecule has 21 heavy (non-hydrogen) atoms. The lowest BCUT2D eigenvalue weighted by molar-refractivity contribution is -0.384. The Balaban J connectivity index is 2.27. The minimum Gasteiger partial charge on any atom is -0.497 e. The van der Waals surface area contributed by atoms with Crippen LogP contribution in [-0.2, 0) is 0 Å². The predicted octanol–water partition coefficient (Wildman–Crippen LogP) is 2.99. The molecule has 0 saturated heterocycles. The van der Waals surface area contributed by atoms with E-state index < -0.39 is 22.2 Å². The summed E-state index contributed by atoms with van der Waals surface area (Å²) in [5, 5.41) is 13.1. The third kappa shape index (κ3) is 3.33. The van der Waals surface area contributed by atoms with Crippen LogP contribution in [0.1, 0.15) is 10.4 Å². The van der Waals surface area contributed by atoms with E-state index in [0.717, 1.165) is 18.2 Å². The van der Waals surface area contributed by atoms with Gasteiger partial charge in [-0.15, -0.1) is 0 Å². The second-order valence-electron chi connectivity index (χ2n) is 4.11. The number of benzene rings is 2. The van der Waals surface area contributed by atoms with Gasteiger partial charge in [0.15, 0.2) is 0 Å². The zero-order valence-electron chi connectivity index (χ0n) is 11.0. The molecule has 0 fully saturated rings. The first-order chi connectivity index (χ1) is 10.0. The third-order valence-electron chi connectivity index (χ3n) is 2.73. The van der Waals surface area contributed by atoms with E-state index >= 15 is 0 Å². The van der Waals surface area contributed by atoms with Gasteiger partial charge in [0.25, 0.3) is 11.6 Å². The molecular formula is C14H11FN2O4. The maximum Gasteiger partial charge on any atom is 0.270 e. The molecule has 1 amide bonds. The van der Waals surface area contributed by atoms with E-state index in [4.69, 9.17) is 4.74 Å². The second kappa shape index (κ2) is 6.00. The van der Waals surface area contributed by atoms with E-state index in [0.29, 0.717) is 11.4 Å². The fourth-order valence-corrected chi connectivity index (χ4v) is 1.70. The molecule has 0 heterocycles. The number of non-ortho nitro benzene ring substituents is 1. The monoisotopic (exact) mass is 290 g/mol. The fourth-order valence-electron chi connectivity index (χ4n) is 1.70. The summed E-state index contributed by atoms with van der Waals surface area (Å²) < 4.78 is 18.6. The summed E-state index contributed by atoms with van der Waals surface area (Å²) in [5.74, 6) is -1.09. The third-order valence-corrected chi connectivity index (χ3v) is 2.73. The number of ether oxygens (including phenoxy) is 1. The number of anilines is 1. The molecule has 0 aromatic heterocycles. The van der Waals surface area contributed by atoms with Gasteiger partial charge in [0.05, 0.1) is 17.6 Å². The van der Waals surface area contributed by atoms with E-state index in [1.807, 2.05) is 0 Å². The number of hydrogen-bond acceptors (Lipinski definition) is 4. The molecule has 2 aromatic rings. The van der Waals surface area contributed by atoms with Crippen LogP contribution in [0.2, 0.25) is 0 Å². The van der Waals surface area contributed by atoms with Crippen molar-refractivity contribution >= 4 is 17.3 Å². The standard InChI is InChI=1S/C14H11FN2O4/c1-21-11-4-2-3-9(7-11)16-14(18)12-8-10(17(19)20)5-6-13(12)15/h2-8H,1H3,(H,16,18). The molecule has 6 nitrogen and oxygen atoms in total. The van der Waals surface area contributed by atoms with E-state index in [9.17, 15) is 19.3 Å². The second-order valence-corrected chi connectivity index (χ2v) is 4.11. The number of hydrogen-bond donors (Lipinski definition) is 1. The lowest BCUT2D eigenvalue weighted by Crippen LogP contribution is -2.14. The molecule has 2 rings (SSSR count). The van der Waals surface area contributed by atoms with Gasteiger partial charge in [0.2, 0.25) is 0 Å². The van der Waals surface area contributed by atoms with Crippen LogP contribution < -0.4 is 10.1 Å². The van der Waals surface area contributed by atoms with Crippen LogP contribution in [0.15, 0.2) is 42.5 Å². The number of halogens is 1. The summed E-state index contributed by atoms with van der Waals surface area (Å²) in [7, 11) is 1.47. The molecule has 0 saturated carbocycles. The highest BCUT2D eigenvalue weighted by atomic mass is 19.1. The highest BCUT2D eigenvalue weighted by molar-refractivity contribution is 6.04. The molecular weight excluding hydrogens is 279 g/mol. The van der Waals surface area contributed by atoms with Gasteiger partial charge >= 0.3 is 0 Å². The molecule has 0 unspecified atom stereocenters. The number of methoxy groups -OCH3 is 1. The molecule has 0 aliphatic heterocycles. The Bertz CT molecular complexity index is 703. The Morgan fingerprint density at radius 2 is 2.05 bits per heavy atom. The summed E-state index contributed by atoms with van der Waals surface area (Å²) in [6.07, 6.45) is 0. The maximum absolute atomic E-state index is 13.6. The number of amides is 1. The Labute approximate surface area is 119 Å². The molecule has 0 aliphatic carbocycles. The topological polar surface area (TPSA) is 81.5 Å². The lowest BCUT2D eigenvalue weighted by atomic mass is 10.1. The van der Waals surface area contributed by atoms with Gasteiger partial charge in [-0.1, -0.05) is 6.07 Å². The van der Waals surface area contributed by atoms with Crippen LogP contribution in [-0.4, -0.2) is 17.9 Å². The van der Waals surface area contributed by atoms with Crippen LogP contribution in [0, 0.1) is 15.9 Å². The number of carbonyl (C=O) groups excluding carboxylic acids is 1. The molecule has 108 valence electrons. The van der Waals surface area contributed by atoms with Crippen molar-refractivity contribution in [3.63, 3.8) is 0 Å². The maximum atomic E-state index is 13.6. The van der Waals surface area contributed by atoms with Crippen molar-refractivity contribution in [2.24, 2.45) is 0 Å². The molecule has 7 heteroatoms. The van der Waals surface area contributed by atoms with Gasteiger partial charge in [-0.2, -0.15) is 0 Å². The van der Waals surface area contributed by atoms with E-state index in [-0.39, 0.29) is 5.69 Å². The number of rotatable bonds is 4. The van der Waals surface area contributed by atoms with Gasteiger partial charge in [-0.25, -0.2) is 4.39 Å². The fraction of sp³-hybridized carbons (Fsp3) is 0.0714. The van der Waals surface area contributed by atoms with Crippen LogP contribution >= 0.6 is 0 Å². The van der Waals surface area contributed by atoms with Gasteiger partial charge in [-0.05, 0) is 18.2 Å². The van der Waals surface area contributed by atoms with Crippen molar-refractivity contribution in [1.82, 2.24) is 0 Å². The molecule has 0 spiro atoms. The summed E-state index contributed by atoms with van der Waals surface area (Å²) >= 11 is 0. The van der Waals surface area contributed by atoms with Gasteiger partial charge in [0, 0.05) is 23.9 Å². The van der Waals surface area contributed by atoms with E-state index in [1.54, 1.807) is 24.3 Å². The van der Waals surface area contributed by atoms with Gasteiger partial charge in [0.1, 0.15) is 11.6 Å². The summed E-state index contributed by atoms with van der Waals surface area (Å²) in [6, 6.07) is 9.26. The molecule has 2 aromatic carbocycles. The van der Waals surface area contributed by atoms with Gasteiger partial charge < -0.3 is 10.1 Å². The van der Waals surface area contributed by atoms with Crippen LogP contribution in [0.5, 0.6) is 5.75 Å². The van der Waals surface area contributed by atoms with Crippen molar-refractivity contribution in [3.05, 3.63) is 64.0 Å². The molecule has 0 radical (unpaired) electrons. The van der Waals surface area contributed by atoms with Crippen molar-refractivity contribution in [2.45, 2.75) is 0 Å². The van der Waals surface area contributed by atoms with Crippen molar-refractivity contribution in [1.29, 1.82) is 0 Å². The first-order valence-corrected chi connectivity index (χ1v) is 5.90. The first-order valence-electron chi connectivity index (χ1n) is 5.90. The van der Waals surface area contributed by atoms with Crippen LogP contribution in [0.25, 0.3) is 0 Å². The Morgan fingerprint density at radius 3 is 2.71 bits per heavy atom. The zero-order chi connectivity index (χ0) is 15.4. The van der Waals surface area contributed by atoms with E-state index in [2.05, 4.69) is 5.32 Å². The number of nitrogens with zero attached hydrogens (tertiary/aromatic N) is 1. The normalized spacial score (nSPS) is 10.0. The van der Waals surface area contributed by atoms with Crippen molar-refractivity contribution in [3.8, 4) is 5.75 Å². The highest BCUT2D eigenvalue weighted by Gasteiger charge is 2.17. The first kappa shape index (κ1) is 14.4. The van der Waals surface area contributed by atoms with Crippen LogP contribution in [0.4, 0.5) is 15.8 Å². The quantitative estimate of drug-likeness (QED) is 0.693. The number of carbonyl (C=O) groups is 1. The van der Waals surface area contributed by atoms with E-state index in [1.165, 1.54) is 7.11 Å². The summed E-state index contributed by atoms with van der Waals surface area (Å²) in [6.45, 7) is 0.